The highest BCUT2D eigenvalue weighted by Gasteiger charge is 2.40. The molecule has 2 amide bonds. The van der Waals surface area contributed by atoms with Crippen molar-refractivity contribution in [3.8, 4) is 5.75 Å². The molecule has 0 radical (unpaired) electrons. The van der Waals surface area contributed by atoms with Crippen LogP contribution in [0.4, 0.5) is 5.69 Å². The molecule has 6 heteroatoms. The van der Waals surface area contributed by atoms with Gasteiger partial charge in [-0.15, -0.1) is 0 Å². The minimum absolute atomic E-state index is 0.152. The van der Waals surface area contributed by atoms with Gasteiger partial charge in [-0.25, -0.2) is 0 Å². The number of nitrogens with zero attached hydrogens (tertiary/aromatic N) is 2. The van der Waals surface area contributed by atoms with Crippen molar-refractivity contribution in [2.75, 3.05) is 12.4 Å². The number of hydrogen-bond donors (Lipinski definition) is 1. The Morgan fingerprint density at radius 3 is 2.39 bits per heavy atom. The van der Waals surface area contributed by atoms with E-state index in [0.717, 1.165) is 22.0 Å². The van der Waals surface area contributed by atoms with Gasteiger partial charge in [0.2, 0.25) is 0 Å². The van der Waals surface area contributed by atoms with E-state index < -0.39 is 0 Å². The number of nitrogens with one attached hydrogen (secondary N) is 1. The predicted octanol–water partition coefficient (Wildman–Crippen LogP) is 4.64. The van der Waals surface area contributed by atoms with Gasteiger partial charge in [-0.2, -0.15) is 0 Å². The topological polar surface area (TPSA) is 71.5 Å². The zero-order valence-corrected chi connectivity index (χ0v) is 18.0. The molecular formula is C27H21N3O3. The molecule has 33 heavy (non-hydrogen) atoms. The lowest BCUT2D eigenvalue weighted by molar-refractivity contribution is -0.137. The van der Waals surface area contributed by atoms with Gasteiger partial charge < -0.3 is 10.1 Å². The van der Waals surface area contributed by atoms with Gasteiger partial charge in [0, 0.05) is 29.0 Å². The first-order valence-electron chi connectivity index (χ1n) is 10.5. The molecule has 1 aliphatic rings. The SMILES string of the molecule is COc1ccccc1C1=C(Nc2cccc3ccccc23)C(=O)N(Cc2ccncc2)C1=O. The first-order chi connectivity index (χ1) is 16.2. The van der Waals surface area contributed by atoms with Crippen molar-refractivity contribution in [1.82, 2.24) is 9.88 Å². The van der Waals surface area contributed by atoms with Gasteiger partial charge in [-0.05, 0) is 35.2 Å². The number of amides is 2. The maximum absolute atomic E-state index is 13.6. The minimum atomic E-state index is -0.384. The van der Waals surface area contributed by atoms with Gasteiger partial charge in [0.25, 0.3) is 11.8 Å². The quantitative estimate of drug-likeness (QED) is 0.447. The van der Waals surface area contributed by atoms with Crippen LogP contribution in [0.3, 0.4) is 0 Å². The number of imide groups is 1. The number of anilines is 1. The van der Waals surface area contributed by atoms with Crippen LogP contribution in [0.25, 0.3) is 16.3 Å². The van der Waals surface area contributed by atoms with Crippen LogP contribution in [0.15, 0.2) is 97.0 Å². The van der Waals surface area contributed by atoms with Crippen molar-refractivity contribution in [1.29, 1.82) is 0 Å². The molecule has 0 bridgehead atoms. The molecule has 4 aromatic rings. The number of para-hydroxylation sites is 1. The fourth-order valence-corrected chi connectivity index (χ4v) is 4.08. The summed E-state index contributed by atoms with van der Waals surface area (Å²) in [6, 6.07) is 24.5. The third kappa shape index (κ3) is 3.72. The lowest BCUT2D eigenvalue weighted by atomic mass is 10.0. The van der Waals surface area contributed by atoms with Crippen molar-refractivity contribution in [2.24, 2.45) is 0 Å². The number of hydrogen-bond acceptors (Lipinski definition) is 5. The third-order valence-electron chi connectivity index (χ3n) is 5.68. The van der Waals surface area contributed by atoms with Crippen LogP contribution in [0.1, 0.15) is 11.1 Å². The molecule has 6 nitrogen and oxygen atoms in total. The number of ether oxygens (including phenoxy) is 1. The van der Waals surface area contributed by atoms with Gasteiger partial charge in [-0.1, -0.05) is 54.6 Å². The van der Waals surface area contributed by atoms with E-state index in [1.807, 2.05) is 54.6 Å². The summed E-state index contributed by atoms with van der Waals surface area (Å²) in [5.41, 5.74) is 2.66. The highest BCUT2D eigenvalue weighted by molar-refractivity contribution is 6.37. The summed E-state index contributed by atoms with van der Waals surface area (Å²) in [6.45, 7) is 0.152. The summed E-state index contributed by atoms with van der Waals surface area (Å²) in [5, 5.41) is 5.27. The Morgan fingerprint density at radius 2 is 1.58 bits per heavy atom. The third-order valence-corrected chi connectivity index (χ3v) is 5.68. The molecule has 0 spiro atoms. The average molecular weight is 435 g/mol. The second kappa shape index (κ2) is 8.59. The fraction of sp³-hybridized carbons (Fsp3) is 0.0741. The predicted molar refractivity (Wildman–Crippen MR) is 127 cm³/mol. The molecule has 1 N–H and O–H groups in total. The van der Waals surface area contributed by atoms with Crippen molar-refractivity contribution in [2.45, 2.75) is 6.54 Å². The van der Waals surface area contributed by atoms with E-state index in [-0.39, 0.29) is 24.1 Å². The molecule has 0 aliphatic carbocycles. The maximum Gasteiger partial charge on any atom is 0.278 e. The summed E-state index contributed by atoms with van der Waals surface area (Å²) in [6.07, 6.45) is 3.29. The van der Waals surface area contributed by atoms with E-state index in [0.29, 0.717) is 16.9 Å². The van der Waals surface area contributed by atoms with Crippen LogP contribution in [0.5, 0.6) is 5.75 Å². The van der Waals surface area contributed by atoms with E-state index >= 15 is 0 Å². The highest BCUT2D eigenvalue weighted by atomic mass is 16.5. The number of carbonyl (C=O) groups excluding carboxylic acids is 2. The summed E-state index contributed by atoms with van der Waals surface area (Å²) in [4.78, 5) is 32.4. The Bertz CT molecular complexity index is 1390. The van der Waals surface area contributed by atoms with Crippen molar-refractivity contribution < 1.29 is 14.3 Å². The molecule has 2 heterocycles. The van der Waals surface area contributed by atoms with Crippen molar-refractivity contribution >= 4 is 33.8 Å². The van der Waals surface area contributed by atoms with Crippen LogP contribution < -0.4 is 10.1 Å². The molecule has 0 saturated heterocycles. The van der Waals surface area contributed by atoms with E-state index in [4.69, 9.17) is 4.74 Å². The number of benzene rings is 3. The Labute approximate surface area is 191 Å². The van der Waals surface area contributed by atoms with Crippen LogP contribution >= 0.6 is 0 Å². The molecule has 3 aromatic carbocycles. The zero-order chi connectivity index (χ0) is 22.8. The largest absolute Gasteiger partial charge is 0.496 e. The number of methoxy groups -OCH3 is 1. The second-order valence-corrected chi connectivity index (χ2v) is 7.65. The number of pyridine rings is 1. The van der Waals surface area contributed by atoms with Gasteiger partial charge in [0.05, 0.1) is 19.2 Å². The molecule has 5 rings (SSSR count). The van der Waals surface area contributed by atoms with Crippen LogP contribution in [0.2, 0.25) is 0 Å². The van der Waals surface area contributed by atoms with Gasteiger partial charge >= 0.3 is 0 Å². The summed E-state index contributed by atoms with van der Waals surface area (Å²) in [7, 11) is 1.55. The van der Waals surface area contributed by atoms with Crippen LogP contribution in [0, 0.1) is 0 Å². The molecule has 0 unspecified atom stereocenters. The molecular weight excluding hydrogens is 414 g/mol. The monoisotopic (exact) mass is 435 g/mol. The molecule has 0 saturated carbocycles. The molecule has 1 aliphatic heterocycles. The fourth-order valence-electron chi connectivity index (χ4n) is 4.08. The average Bonchev–Trinajstić information content (AvgIpc) is 3.09. The second-order valence-electron chi connectivity index (χ2n) is 7.65. The van der Waals surface area contributed by atoms with E-state index in [1.165, 1.54) is 4.90 Å². The molecule has 0 atom stereocenters. The van der Waals surface area contributed by atoms with Crippen molar-refractivity contribution in [3.05, 3.63) is 108 Å². The number of rotatable bonds is 6. The molecule has 162 valence electrons. The van der Waals surface area contributed by atoms with E-state index in [9.17, 15) is 9.59 Å². The van der Waals surface area contributed by atoms with E-state index in [1.54, 1.807) is 43.8 Å². The Balaban J connectivity index is 1.63. The highest BCUT2D eigenvalue weighted by Crippen LogP contribution is 2.36. The zero-order valence-electron chi connectivity index (χ0n) is 18.0. The Kier molecular flexibility index (Phi) is 5.32. The number of fused-ring (bicyclic) bond motifs is 1. The summed E-state index contributed by atoms with van der Waals surface area (Å²) in [5.74, 6) is -0.230. The smallest absolute Gasteiger partial charge is 0.278 e. The standard InChI is InChI=1S/C27H21N3O3/c1-33-23-12-5-4-10-21(23)24-25(29-22-11-6-8-19-7-2-3-9-20(19)22)27(32)30(26(24)31)17-18-13-15-28-16-14-18/h2-16,29H,17H2,1H3. The number of carbonyl (C=O) groups is 2. The first kappa shape index (κ1) is 20.5. The van der Waals surface area contributed by atoms with Crippen molar-refractivity contribution in [3.63, 3.8) is 0 Å². The lowest BCUT2D eigenvalue weighted by Gasteiger charge is -2.15. The Hall–Kier alpha value is -4.45. The minimum Gasteiger partial charge on any atom is -0.496 e. The van der Waals surface area contributed by atoms with Gasteiger partial charge in [-0.3, -0.25) is 19.5 Å². The lowest BCUT2D eigenvalue weighted by Crippen LogP contribution is -2.32. The van der Waals surface area contributed by atoms with Crippen LogP contribution in [-0.2, 0) is 16.1 Å². The Morgan fingerprint density at radius 1 is 0.848 bits per heavy atom. The normalized spacial score (nSPS) is 13.7. The van der Waals surface area contributed by atoms with Crippen LogP contribution in [-0.4, -0.2) is 28.8 Å². The maximum atomic E-state index is 13.6. The first-order valence-corrected chi connectivity index (χ1v) is 10.5. The molecule has 0 fully saturated rings. The van der Waals surface area contributed by atoms with Gasteiger partial charge in [0.1, 0.15) is 11.4 Å². The number of aromatic nitrogens is 1. The summed E-state index contributed by atoms with van der Waals surface area (Å²) >= 11 is 0. The van der Waals surface area contributed by atoms with Gasteiger partial charge in [0.15, 0.2) is 0 Å². The van der Waals surface area contributed by atoms with E-state index in [2.05, 4.69) is 10.3 Å². The summed E-state index contributed by atoms with van der Waals surface area (Å²) < 4.78 is 5.51. The molecule has 1 aromatic heterocycles.